The van der Waals surface area contributed by atoms with Crippen molar-refractivity contribution < 1.29 is 22.9 Å². The van der Waals surface area contributed by atoms with Crippen LogP contribution in [0.3, 0.4) is 0 Å². The number of carbonyl (C=O) groups excluding carboxylic acids is 1. The van der Waals surface area contributed by atoms with E-state index in [-0.39, 0.29) is 22.6 Å². The van der Waals surface area contributed by atoms with E-state index in [1.807, 2.05) is 32.1 Å². The van der Waals surface area contributed by atoms with Crippen molar-refractivity contribution in [3.8, 4) is 0 Å². The average Bonchev–Trinajstić information content (AvgIpc) is 2.99. The summed E-state index contributed by atoms with van der Waals surface area (Å²) in [6.45, 7) is 8.94. The number of hydrogen-bond donors (Lipinski definition) is 2. The number of thiol groups is 1. The van der Waals surface area contributed by atoms with Gasteiger partial charge in [0.25, 0.3) is 11.6 Å². The zero-order valence-electron chi connectivity index (χ0n) is 24.6. The fourth-order valence-corrected chi connectivity index (χ4v) is 4.02. The summed E-state index contributed by atoms with van der Waals surface area (Å²) in [5.41, 5.74) is 7.00. The van der Waals surface area contributed by atoms with Crippen LogP contribution in [0, 0.1) is 17.0 Å². The van der Waals surface area contributed by atoms with Crippen LogP contribution in [0.5, 0.6) is 0 Å². The van der Waals surface area contributed by atoms with Gasteiger partial charge in [-0.1, -0.05) is 67.6 Å². The van der Waals surface area contributed by atoms with Gasteiger partial charge in [-0.3, -0.25) is 19.8 Å². The van der Waals surface area contributed by atoms with Crippen molar-refractivity contribution in [1.82, 2.24) is 0 Å². The molecular weight excluding hydrogens is 587 g/mol. The summed E-state index contributed by atoms with van der Waals surface area (Å²) in [6, 6.07) is 23.2. The van der Waals surface area contributed by atoms with Gasteiger partial charge in [0.2, 0.25) is 0 Å². The Balaban J connectivity index is 0.000000370. The minimum atomic E-state index is -4.62. The second-order valence-corrected chi connectivity index (χ2v) is 9.82. The Morgan fingerprint density at radius 1 is 1.02 bits per heavy atom. The van der Waals surface area contributed by atoms with Crippen LogP contribution in [0.15, 0.2) is 121 Å². The molecule has 0 aliphatic carbocycles. The molecule has 2 N–H and O–H groups in total. The van der Waals surface area contributed by atoms with Crippen LogP contribution in [-0.4, -0.2) is 10.8 Å². The number of hydrogen-bond acceptors (Lipinski definition) is 5. The SMILES string of the molecule is C=C/C=C\C.CCc1cccc(N(C(=O)c2ccccc2N)c2ccc(C)cc2C(F)(F)F)c1.O=[N+]([O-])c1ccc(S)cc1. The number of carbonyl (C=O) groups is 1. The van der Waals surface area contributed by atoms with Crippen molar-refractivity contribution in [3.63, 3.8) is 0 Å². The minimum Gasteiger partial charge on any atom is -0.398 e. The van der Waals surface area contributed by atoms with Gasteiger partial charge in [-0.2, -0.15) is 13.2 Å². The van der Waals surface area contributed by atoms with Crippen LogP contribution in [0.4, 0.5) is 35.9 Å². The van der Waals surface area contributed by atoms with Crippen molar-refractivity contribution >= 4 is 41.3 Å². The molecule has 0 atom stereocenters. The first-order valence-electron chi connectivity index (χ1n) is 13.5. The van der Waals surface area contributed by atoms with Crippen LogP contribution in [-0.2, 0) is 12.6 Å². The standard InChI is InChI=1S/C23H21F3N2O.C6H5NO2S.C5H8/c1-3-16-7-6-8-17(14-16)28(22(29)18-9-4-5-10-20(18)27)21-12-11-15(2)13-19(21)23(24,25)26;8-7(9)5-1-3-6(10)4-2-5;1-3-5-4-2/h4-14H,3,27H2,1-2H3;1-4,10H;3-5H,1H2,2H3/b;;5-4-. The number of benzene rings is 4. The second kappa shape index (κ2) is 16.7. The van der Waals surface area contributed by atoms with Gasteiger partial charge < -0.3 is 5.73 Å². The number of allylic oxidation sites excluding steroid dienone is 3. The van der Waals surface area contributed by atoms with E-state index in [0.717, 1.165) is 21.4 Å². The van der Waals surface area contributed by atoms with Gasteiger partial charge >= 0.3 is 6.18 Å². The topological polar surface area (TPSA) is 89.5 Å². The van der Waals surface area contributed by atoms with Gasteiger partial charge in [-0.25, -0.2) is 0 Å². The monoisotopic (exact) mass is 621 g/mol. The molecule has 0 spiro atoms. The van der Waals surface area contributed by atoms with Gasteiger partial charge in [0.05, 0.1) is 21.7 Å². The van der Waals surface area contributed by atoms with E-state index in [2.05, 4.69) is 19.2 Å². The molecule has 0 aliphatic heterocycles. The number of aryl methyl sites for hydroxylation is 2. The Bertz CT molecular complexity index is 1600. The molecule has 4 aromatic carbocycles. The van der Waals surface area contributed by atoms with Gasteiger partial charge in [-0.05, 0) is 74.4 Å². The molecule has 230 valence electrons. The largest absolute Gasteiger partial charge is 0.418 e. The first kappa shape index (κ1) is 35.4. The molecule has 0 saturated heterocycles. The van der Waals surface area contributed by atoms with E-state index < -0.39 is 22.6 Å². The molecule has 4 aromatic rings. The third-order valence-corrected chi connectivity index (χ3v) is 6.36. The number of amides is 1. The molecule has 0 radical (unpaired) electrons. The number of rotatable bonds is 6. The maximum Gasteiger partial charge on any atom is 0.418 e. The highest BCUT2D eigenvalue weighted by Gasteiger charge is 2.37. The highest BCUT2D eigenvalue weighted by Crippen LogP contribution is 2.41. The molecule has 0 heterocycles. The lowest BCUT2D eigenvalue weighted by atomic mass is 10.0. The Labute approximate surface area is 260 Å². The number of alkyl halides is 3. The summed E-state index contributed by atoms with van der Waals surface area (Å²) in [5, 5.41) is 10.1. The van der Waals surface area contributed by atoms with E-state index in [1.54, 1.807) is 67.6 Å². The number of anilines is 3. The summed E-state index contributed by atoms with van der Waals surface area (Å²) in [4.78, 5) is 24.9. The third kappa shape index (κ3) is 10.2. The van der Waals surface area contributed by atoms with Gasteiger partial charge in [0.1, 0.15) is 0 Å². The predicted octanol–water partition coefficient (Wildman–Crippen LogP) is 9.77. The van der Waals surface area contributed by atoms with Crippen LogP contribution in [0.2, 0.25) is 0 Å². The molecule has 6 nitrogen and oxygen atoms in total. The minimum absolute atomic E-state index is 0.0952. The van der Waals surface area contributed by atoms with Crippen molar-refractivity contribution in [3.05, 3.63) is 148 Å². The van der Waals surface area contributed by atoms with Crippen molar-refractivity contribution in [1.29, 1.82) is 0 Å². The Hall–Kier alpha value is -4.83. The number of halogens is 3. The highest BCUT2D eigenvalue weighted by molar-refractivity contribution is 7.80. The van der Waals surface area contributed by atoms with E-state index >= 15 is 0 Å². The number of nitrogens with zero attached hydrogens (tertiary/aromatic N) is 2. The smallest absolute Gasteiger partial charge is 0.398 e. The summed E-state index contributed by atoms with van der Waals surface area (Å²) in [6.07, 6.45) is 1.64. The molecule has 0 aliphatic rings. The van der Waals surface area contributed by atoms with E-state index in [1.165, 1.54) is 24.3 Å². The number of nitro groups is 1. The highest BCUT2D eigenvalue weighted by atomic mass is 32.1. The van der Waals surface area contributed by atoms with E-state index in [9.17, 15) is 28.1 Å². The zero-order valence-corrected chi connectivity index (χ0v) is 25.5. The van der Waals surface area contributed by atoms with Crippen LogP contribution >= 0.6 is 12.6 Å². The number of non-ortho nitro benzene ring substituents is 1. The maximum atomic E-state index is 13.8. The normalized spacial score (nSPS) is 10.6. The molecular formula is C34H34F3N3O3S. The lowest BCUT2D eigenvalue weighted by Crippen LogP contribution is -2.29. The predicted molar refractivity (Wildman–Crippen MR) is 175 cm³/mol. The lowest BCUT2D eigenvalue weighted by molar-refractivity contribution is -0.384. The first-order chi connectivity index (χ1) is 20.8. The summed E-state index contributed by atoms with van der Waals surface area (Å²) in [5.74, 6) is -0.620. The molecule has 0 saturated carbocycles. The number of nitrogen functional groups attached to an aromatic ring is 1. The van der Waals surface area contributed by atoms with Crippen molar-refractivity contribution in [2.75, 3.05) is 10.6 Å². The quantitative estimate of drug-likeness (QED) is 0.0737. The summed E-state index contributed by atoms with van der Waals surface area (Å²) >= 11 is 3.98. The molecule has 44 heavy (non-hydrogen) atoms. The maximum absolute atomic E-state index is 13.8. The number of nitro benzene ring substituents is 1. The summed E-state index contributed by atoms with van der Waals surface area (Å²) in [7, 11) is 0. The first-order valence-corrected chi connectivity index (χ1v) is 13.9. The lowest BCUT2D eigenvalue weighted by Gasteiger charge is -2.27. The van der Waals surface area contributed by atoms with Gasteiger partial charge in [0, 0.05) is 28.4 Å². The molecule has 0 bridgehead atoms. The van der Waals surface area contributed by atoms with Crippen LogP contribution in [0.25, 0.3) is 0 Å². The van der Waals surface area contributed by atoms with E-state index in [0.29, 0.717) is 17.7 Å². The van der Waals surface area contributed by atoms with E-state index in [4.69, 9.17) is 5.73 Å². The van der Waals surface area contributed by atoms with Crippen molar-refractivity contribution in [2.45, 2.75) is 38.3 Å². The zero-order chi connectivity index (χ0) is 32.9. The molecule has 0 unspecified atom stereocenters. The van der Waals surface area contributed by atoms with Crippen molar-refractivity contribution in [2.24, 2.45) is 0 Å². The Morgan fingerprint density at radius 2 is 1.68 bits per heavy atom. The fraction of sp³-hybridized carbons (Fsp3) is 0.147. The number of nitrogens with two attached hydrogens (primary N) is 1. The molecule has 4 rings (SSSR count). The molecule has 0 aromatic heterocycles. The number of para-hydroxylation sites is 1. The van der Waals surface area contributed by atoms with Gasteiger partial charge in [-0.15, -0.1) is 12.6 Å². The molecule has 10 heteroatoms. The van der Waals surface area contributed by atoms with Gasteiger partial charge in [0.15, 0.2) is 0 Å². The van der Waals surface area contributed by atoms with Crippen LogP contribution < -0.4 is 10.6 Å². The fourth-order valence-electron chi connectivity index (χ4n) is 3.88. The molecule has 1 amide bonds. The second-order valence-electron chi connectivity index (χ2n) is 9.30. The molecule has 0 fully saturated rings. The summed E-state index contributed by atoms with van der Waals surface area (Å²) < 4.78 is 41.5. The average molecular weight is 622 g/mol. The Morgan fingerprint density at radius 3 is 2.20 bits per heavy atom. The third-order valence-electron chi connectivity index (χ3n) is 6.06. The Kier molecular flexibility index (Phi) is 13.4. The van der Waals surface area contributed by atoms with Crippen LogP contribution in [0.1, 0.15) is 40.9 Å².